The first kappa shape index (κ1) is 11.4. The number of aldehydes is 1. The van der Waals surface area contributed by atoms with Gasteiger partial charge in [0.05, 0.1) is 6.10 Å². The summed E-state index contributed by atoms with van der Waals surface area (Å²) >= 11 is 0. The number of allylic oxidation sites excluding steroid dienone is 1. The summed E-state index contributed by atoms with van der Waals surface area (Å²) in [5, 5.41) is 0. The van der Waals surface area contributed by atoms with E-state index in [0.717, 1.165) is 12.7 Å². The first-order chi connectivity index (χ1) is 5.85. The normalized spacial score (nSPS) is 13.5. The molecular formula is C10H18O2. The fraction of sp³-hybridized carbons (Fsp3) is 0.700. The smallest absolute Gasteiger partial charge is 0.123 e. The van der Waals surface area contributed by atoms with Crippen molar-refractivity contribution in [2.45, 2.75) is 38.7 Å². The summed E-state index contributed by atoms with van der Waals surface area (Å²) in [6, 6.07) is 0. The van der Waals surface area contributed by atoms with E-state index >= 15 is 0 Å². The predicted molar refractivity (Wildman–Crippen MR) is 50.1 cm³/mol. The van der Waals surface area contributed by atoms with Gasteiger partial charge in [0.1, 0.15) is 6.29 Å². The molecule has 0 aromatic heterocycles. The fourth-order valence-corrected chi connectivity index (χ4v) is 0.984. The van der Waals surface area contributed by atoms with Crippen LogP contribution in [0, 0.1) is 0 Å². The Balaban J connectivity index is 3.57. The molecule has 2 heteroatoms. The van der Waals surface area contributed by atoms with Gasteiger partial charge in [0.2, 0.25) is 0 Å². The fourth-order valence-electron chi connectivity index (χ4n) is 0.984. The molecule has 0 saturated heterocycles. The largest absolute Gasteiger partial charge is 0.377 e. The van der Waals surface area contributed by atoms with E-state index in [4.69, 9.17) is 4.74 Å². The van der Waals surface area contributed by atoms with Crippen LogP contribution < -0.4 is 0 Å². The molecule has 0 rings (SSSR count). The Hall–Kier alpha value is -0.630. The average Bonchev–Trinajstić information content (AvgIpc) is 2.11. The van der Waals surface area contributed by atoms with Crippen LogP contribution in [0.3, 0.4) is 0 Å². The summed E-state index contributed by atoms with van der Waals surface area (Å²) in [7, 11) is 1.70. The lowest BCUT2D eigenvalue weighted by Crippen LogP contribution is -2.05. The van der Waals surface area contributed by atoms with Crippen LogP contribution in [-0.2, 0) is 9.53 Å². The van der Waals surface area contributed by atoms with Crippen LogP contribution in [0.1, 0.15) is 32.6 Å². The topological polar surface area (TPSA) is 26.3 Å². The molecule has 0 aromatic rings. The summed E-state index contributed by atoms with van der Waals surface area (Å²) in [4.78, 5) is 10.00. The summed E-state index contributed by atoms with van der Waals surface area (Å²) < 4.78 is 5.20. The number of ether oxygens (including phenoxy) is 1. The molecule has 0 bridgehead atoms. The molecule has 1 atom stereocenters. The second kappa shape index (κ2) is 8.47. The summed E-state index contributed by atoms with van der Waals surface area (Å²) in [5.41, 5.74) is 0. The van der Waals surface area contributed by atoms with E-state index < -0.39 is 0 Å². The van der Waals surface area contributed by atoms with E-state index in [0.29, 0.717) is 6.42 Å². The maximum Gasteiger partial charge on any atom is 0.123 e. The van der Waals surface area contributed by atoms with Gasteiger partial charge in [0.15, 0.2) is 0 Å². The highest BCUT2D eigenvalue weighted by Crippen LogP contribution is 2.05. The molecule has 0 aliphatic carbocycles. The molecule has 0 aliphatic heterocycles. The van der Waals surface area contributed by atoms with Crippen LogP contribution in [-0.4, -0.2) is 19.5 Å². The molecule has 70 valence electrons. The van der Waals surface area contributed by atoms with Crippen molar-refractivity contribution >= 4 is 6.29 Å². The molecule has 12 heavy (non-hydrogen) atoms. The molecule has 0 fully saturated rings. The number of methoxy groups -OCH3 is 1. The van der Waals surface area contributed by atoms with Crippen molar-refractivity contribution in [2.24, 2.45) is 0 Å². The molecule has 0 aliphatic rings. The highest BCUT2D eigenvalue weighted by atomic mass is 16.5. The van der Waals surface area contributed by atoms with Crippen LogP contribution in [0.2, 0.25) is 0 Å². The third kappa shape index (κ3) is 6.10. The van der Waals surface area contributed by atoms with Gasteiger partial charge in [0, 0.05) is 13.5 Å². The van der Waals surface area contributed by atoms with Crippen LogP contribution in [0.15, 0.2) is 12.2 Å². The molecule has 0 heterocycles. The van der Waals surface area contributed by atoms with Crippen molar-refractivity contribution in [3.05, 3.63) is 12.2 Å². The van der Waals surface area contributed by atoms with Gasteiger partial charge in [-0.25, -0.2) is 0 Å². The molecule has 0 N–H and O–H groups in total. The lowest BCUT2D eigenvalue weighted by atomic mass is 10.1. The van der Waals surface area contributed by atoms with E-state index in [2.05, 4.69) is 6.92 Å². The number of carbonyl (C=O) groups excluding carboxylic acids is 1. The predicted octanol–water partition coefficient (Wildman–Crippen LogP) is 2.34. The van der Waals surface area contributed by atoms with E-state index in [-0.39, 0.29) is 6.10 Å². The minimum atomic E-state index is 0.185. The van der Waals surface area contributed by atoms with Gasteiger partial charge in [0.25, 0.3) is 0 Å². The van der Waals surface area contributed by atoms with Gasteiger partial charge in [-0.15, -0.1) is 0 Å². The standard InChI is InChI=1S/C10H18O2/c1-3-4-7-10(12-2)8-5-6-9-11/h5,8-10H,3-4,6-7H2,1-2H3/b8-5+. The molecule has 1 unspecified atom stereocenters. The first-order valence-corrected chi connectivity index (χ1v) is 4.48. The Morgan fingerprint density at radius 3 is 2.75 bits per heavy atom. The molecule has 0 aromatic carbocycles. The van der Waals surface area contributed by atoms with Crippen molar-refractivity contribution in [1.29, 1.82) is 0 Å². The van der Waals surface area contributed by atoms with Crippen LogP contribution >= 0.6 is 0 Å². The van der Waals surface area contributed by atoms with Gasteiger partial charge >= 0.3 is 0 Å². The Morgan fingerprint density at radius 1 is 1.50 bits per heavy atom. The Labute approximate surface area is 74.6 Å². The zero-order valence-corrected chi connectivity index (χ0v) is 7.95. The van der Waals surface area contributed by atoms with Gasteiger partial charge < -0.3 is 9.53 Å². The van der Waals surface area contributed by atoms with Gasteiger partial charge in [-0.1, -0.05) is 31.9 Å². The molecule has 0 radical (unpaired) electrons. The van der Waals surface area contributed by atoms with Crippen LogP contribution in [0.5, 0.6) is 0 Å². The zero-order chi connectivity index (χ0) is 9.23. The highest BCUT2D eigenvalue weighted by Gasteiger charge is 1.99. The summed E-state index contributed by atoms with van der Waals surface area (Å²) in [5.74, 6) is 0. The van der Waals surface area contributed by atoms with Crippen molar-refractivity contribution in [2.75, 3.05) is 7.11 Å². The Bertz CT molecular complexity index is 130. The number of unbranched alkanes of at least 4 members (excludes halogenated alkanes) is 1. The van der Waals surface area contributed by atoms with E-state index in [1.807, 2.05) is 12.2 Å². The van der Waals surface area contributed by atoms with Gasteiger partial charge in [-0.2, -0.15) is 0 Å². The highest BCUT2D eigenvalue weighted by molar-refractivity contribution is 5.51. The van der Waals surface area contributed by atoms with Crippen molar-refractivity contribution in [3.8, 4) is 0 Å². The van der Waals surface area contributed by atoms with E-state index in [1.165, 1.54) is 12.8 Å². The number of carbonyl (C=O) groups is 1. The van der Waals surface area contributed by atoms with Crippen molar-refractivity contribution in [1.82, 2.24) is 0 Å². The molecule has 0 spiro atoms. The van der Waals surface area contributed by atoms with E-state index in [1.54, 1.807) is 7.11 Å². The minimum absolute atomic E-state index is 0.185. The second-order valence-electron chi connectivity index (χ2n) is 2.75. The Morgan fingerprint density at radius 2 is 2.25 bits per heavy atom. The maximum absolute atomic E-state index is 10.00. The average molecular weight is 170 g/mol. The third-order valence-corrected chi connectivity index (χ3v) is 1.73. The maximum atomic E-state index is 10.00. The van der Waals surface area contributed by atoms with Gasteiger partial charge in [-0.05, 0) is 6.42 Å². The van der Waals surface area contributed by atoms with Crippen molar-refractivity contribution in [3.63, 3.8) is 0 Å². The van der Waals surface area contributed by atoms with Crippen LogP contribution in [0.4, 0.5) is 0 Å². The summed E-state index contributed by atoms with van der Waals surface area (Å²) in [6.45, 7) is 2.15. The van der Waals surface area contributed by atoms with Crippen molar-refractivity contribution < 1.29 is 9.53 Å². The monoisotopic (exact) mass is 170 g/mol. The quantitative estimate of drug-likeness (QED) is 0.433. The number of rotatable bonds is 7. The molecule has 0 saturated carbocycles. The van der Waals surface area contributed by atoms with Gasteiger partial charge in [-0.3, -0.25) is 0 Å². The first-order valence-electron chi connectivity index (χ1n) is 4.48. The molecular weight excluding hydrogens is 152 g/mol. The summed E-state index contributed by atoms with van der Waals surface area (Å²) in [6.07, 6.45) is 8.79. The zero-order valence-electron chi connectivity index (χ0n) is 7.95. The second-order valence-corrected chi connectivity index (χ2v) is 2.75. The van der Waals surface area contributed by atoms with E-state index in [9.17, 15) is 4.79 Å². The lowest BCUT2D eigenvalue weighted by molar-refractivity contribution is -0.107. The third-order valence-electron chi connectivity index (χ3n) is 1.73. The molecule has 2 nitrogen and oxygen atoms in total. The van der Waals surface area contributed by atoms with Crippen LogP contribution in [0.25, 0.3) is 0 Å². The molecule has 0 amide bonds. The SMILES string of the molecule is CCCCC(/C=C/CC=O)OC. The number of hydrogen-bond donors (Lipinski definition) is 0. The number of hydrogen-bond acceptors (Lipinski definition) is 2. The Kier molecular flexibility index (Phi) is 8.02. The minimum Gasteiger partial charge on any atom is -0.377 e. The lowest BCUT2D eigenvalue weighted by Gasteiger charge is -2.08.